The molecule has 0 amide bonds. The number of phenolic OH excluding ortho intramolecular Hbond substituents is 1. The predicted octanol–water partition coefficient (Wildman–Crippen LogP) is 4.62. The third-order valence-corrected chi connectivity index (χ3v) is 5.82. The number of ether oxygens (including phenoxy) is 1. The number of nitrogens with zero attached hydrogens (tertiary/aromatic N) is 4. The standard InChI is InChI=1S/C24H33N5O3/c1-3-4-5-6-7-8-18(29-16-28-22-23(25)26-15-27-24(22)29)14-19(30)11-9-17-10-12-20(31)21(13-17)32-2/h10,12-13,15-16,18,31H,3-9,11,14H2,1-2H3,(H2,25,26,27). The molecule has 1 atom stereocenters. The lowest BCUT2D eigenvalue weighted by atomic mass is 9.98. The van der Waals surface area contributed by atoms with Crippen molar-refractivity contribution in [2.45, 2.75) is 70.8 Å². The van der Waals surface area contributed by atoms with Crippen LogP contribution in [0, 0.1) is 0 Å². The van der Waals surface area contributed by atoms with Crippen molar-refractivity contribution in [3.05, 3.63) is 36.4 Å². The van der Waals surface area contributed by atoms with E-state index in [9.17, 15) is 9.90 Å². The number of methoxy groups -OCH3 is 1. The van der Waals surface area contributed by atoms with Gasteiger partial charge in [-0.15, -0.1) is 0 Å². The van der Waals surface area contributed by atoms with Crippen LogP contribution in [0.2, 0.25) is 0 Å². The summed E-state index contributed by atoms with van der Waals surface area (Å²) in [6, 6.07) is 5.17. The number of anilines is 1. The molecule has 0 saturated heterocycles. The second-order valence-corrected chi connectivity index (χ2v) is 8.19. The van der Waals surface area contributed by atoms with E-state index in [2.05, 4.69) is 21.9 Å². The van der Waals surface area contributed by atoms with E-state index >= 15 is 0 Å². The van der Waals surface area contributed by atoms with Crippen molar-refractivity contribution in [3.63, 3.8) is 0 Å². The number of imidazole rings is 1. The molecule has 8 nitrogen and oxygen atoms in total. The van der Waals surface area contributed by atoms with E-state index in [1.165, 1.54) is 32.7 Å². The van der Waals surface area contributed by atoms with Gasteiger partial charge in [-0.2, -0.15) is 0 Å². The van der Waals surface area contributed by atoms with Gasteiger partial charge in [0.15, 0.2) is 23.0 Å². The zero-order chi connectivity index (χ0) is 22.9. The molecule has 0 aliphatic carbocycles. The summed E-state index contributed by atoms with van der Waals surface area (Å²) in [5.74, 6) is 1.04. The number of nitrogens with two attached hydrogens (primary N) is 1. The van der Waals surface area contributed by atoms with Gasteiger partial charge in [0.25, 0.3) is 0 Å². The van der Waals surface area contributed by atoms with Crippen molar-refractivity contribution < 1.29 is 14.6 Å². The maximum Gasteiger partial charge on any atom is 0.165 e. The van der Waals surface area contributed by atoms with Gasteiger partial charge in [0.2, 0.25) is 0 Å². The number of hydrogen-bond acceptors (Lipinski definition) is 7. The number of hydrogen-bond donors (Lipinski definition) is 2. The van der Waals surface area contributed by atoms with Gasteiger partial charge in [-0.25, -0.2) is 15.0 Å². The van der Waals surface area contributed by atoms with Crippen LogP contribution in [0.3, 0.4) is 0 Å². The van der Waals surface area contributed by atoms with Crippen molar-refractivity contribution in [3.8, 4) is 11.5 Å². The minimum atomic E-state index is -0.0159. The molecular formula is C24H33N5O3. The molecule has 2 heterocycles. The summed E-state index contributed by atoms with van der Waals surface area (Å²) < 4.78 is 7.14. The third-order valence-electron chi connectivity index (χ3n) is 5.82. The number of aryl methyl sites for hydroxylation is 1. The van der Waals surface area contributed by atoms with Crippen LogP contribution in [0.25, 0.3) is 11.2 Å². The smallest absolute Gasteiger partial charge is 0.165 e. The summed E-state index contributed by atoms with van der Waals surface area (Å²) in [4.78, 5) is 25.7. The highest BCUT2D eigenvalue weighted by atomic mass is 16.5. The Morgan fingerprint density at radius 2 is 2.00 bits per heavy atom. The number of aromatic nitrogens is 4. The van der Waals surface area contributed by atoms with Crippen molar-refractivity contribution in [2.75, 3.05) is 12.8 Å². The fourth-order valence-corrected chi connectivity index (χ4v) is 3.99. The van der Waals surface area contributed by atoms with E-state index in [1.807, 2.05) is 10.6 Å². The van der Waals surface area contributed by atoms with Crippen LogP contribution in [-0.4, -0.2) is 37.5 Å². The quantitative estimate of drug-likeness (QED) is 0.373. The Hall–Kier alpha value is -3.16. The molecule has 32 heavy (non-hydrogen) atoms. The molecule has 8 heteroatoms. The predicted molar refractivity (Wildman–Crippen MR) is 125 cm³/mol. The number of aromatic hydroxyl groups is 1. The second-order valence-electron chi connectivity index (χ2n) is 8.19. The van der Waals surface area contributed by atoms with Gasteiger partial charge >= 0.3 is 0 Å². The van der Waals surface area contributed by atoms with Gasteiger partial charge in [0.05, 0.1) is 13.4 Å². The maximum atomic E-state index is 12.9. The Kier molecular flexibility index (Phi) is 8.41. The van der Waals surface area contributed by atoms with Gasteiger partial charge in [-0.1, -0.05) is 45.1 Å². The number of fused-ring (bicyclic) bond motifs is 1. The van der Waals surface area contributed by atoms with E-state index in [0.717, 1.165) is 24.8 Å². The topological polar surface area (TPSA) is 116 Å². The van der Waals surface area contributed by atoms with Crippen LogP contribution in [0.1, 0.15) is 69.9 Å². The van der Waals surface area contributed by atoms with Crippen molar-refractivity contribution >= 4 is 22.8 Å². The lowest BCUT2D eigenvalue weighted by Gasteiger charge is -2.19. The Balaban J connectivity index is 1.68. The van der Waals surface area contributed by atoms with Crippen molar-refractivity contribution in [2.24, 2.45) is 0 Å². The molecule has 0 spiro atoms. The summed E-state index contributed by atoms with van der Waals surface area (Å²) in [6.45, 7) is 2.20. The highest BCUT2D eigenvalue weighted by Crippen LogP contribution is 2.28. The lowest BCUT2D eigenvalue weighted by molar-refractivity contribution is -0.119. The minimum Gasteiger partial charge on any atom is -0.504 e. The minimum absolute atomic E-state index is 0.0159. The Morgan fingerprint density at radius 3 is 2.78 bits per heavy atom. The Bertz CT molecular complexity index is 1030. The molecule has 0 aliphatic rings. The van der Waals surface area contributed by atoms with Crippen LogP contribution >= 0.6 is 0 Å². The third kappa shape index (κ3) is 5.96. The van der Waals surface area contributed by atoms with E-state index in [-0.39, 0.29) is 17.6 Å². The highest BCUT2D eigenvalue weighted by Gasteiger charge is 2.20. The largest absolute Gasteiger partial charge is 0.504 e. The average Bonchev–Trinajstić information content (AvgIpc) is 3.23. The number of carbonyl (C=O) groups excluding carboxylic acids is 1. The van der Waals surface area contributed by atoms with Crippen molar-refractivity contribution in [1.29, 1.82) is 0 Å². The fourth-order valence-electron chi connectivity index (χ4n) is 3.99. The SMILES string of the molecule is CCCCCCCC(CC(=O)CCc1ccc(O)c(OC)c1)n1cnc2c(N)ncnc21. The first-order valence-corrected chi connectivity index (χ1v) is 11.3. The molecule has 0 radical (unpaired) electrons. The monoisotopic (exact) mass is 439 g/mol. The first-order valence-electron chi connectivity index (χ1n) is 11.3. The van der Waals surface area contributed by atoms with Crippen molar-refractivity contribution in [1.82, 2.24) is 19.5 Å². The molecule has 172 valence electrons. The molecule has 1 unspecified atom stereocenters. The molecule has 1 aromatic carbocycles. The zero-order valence-electron chi connectivity index (χ0n) is 19.0. The highest BCUT2D eigenvalue weighted by molar-refractivity contribution is 5.82. The van der Waals surface area contributed by atoms with Gasteiger partial charge in [0, 0.05) is 18.9 Å². The van der Waals surface area contributed by atoms with Gasteiger partial charge < -0.3 is 20.1 Å². The Labute approximate surface area is 188 Å². The molecular weight excluding hydrogens is 406 g/mol. The normalized spacial score (nSPS) is 12.2. The summed E-state index contributed by atoms with van der Waals surface area (Å²) in [7, 11) is 1.51. The van der Waals surface area contributed by atoms with E-state index in [1.54, 1.807) is 18.5 Å². The number of Topliss-reactive ketones (excluding diaryl/α,β-unsaturated/α-hetero) is 1. The van der Waals surface area contributed by atoms with E-state index in [4.69, 9.17) is 10.5 Å². The summed E-state index contributed by atoms with van der Waals surface area (Å²) >= 11 is 0. The average molecular weight is 440 g/mol. The number of benzene rings is 1. The van der Waals surface area contributed by atoms with Gasteiger partial charge in [0.1, 0.15) is 17.6 Å². The second kappa shape index (κ2) is 11.5. The molecule has 3 N–H and O–H groups in total. The molecule has 0 bridgehead atoms. The molecule has 3 rings (SSSR count). The van der Waals surface area contributed by atoms with E-state index in [0.29, 0.717) is 42.0 Å². The first-order chi connectivity index (χ1) is 15.5. The number of phenols is 1. The number of carbonyl (C=O) groups is 1. The van der Waals surface area contributed by atoms with Crippen LogP contribution in [-0.2, 0) is 11.2 Å². The summed E-state index contributed by atoms with van der Waals surface area (Å²) in [5.41, 5.74) is 8.16. The molecule has 0 fully saturated rings. The summed E-state index contributed by atoms with van der Waals surface area (Å²) in [6.07, 6.45) is 11.3. The Morgan fingerprint density at radius 1 is 1.19 bits per heavy atom. The van der Waals surface area contributed by atoms with Gasteiger partial charge in [-0.05, 0) is 30.5 Å². The van der Waals surface area contributed by atoms with Crippen LogP contribution in [0.15, 0.2) is 30.9 Å². The van der Waals surface area contributed by atoms with Crippen LogP contribution in [0.5, 0.6) is 11.5 Å². The fraction of sp³-hybridized carbons (Fsp3) is 0.500. The zero-order valence-corrected chi connectivity index (χ0v) is 19.0. The maximum absolute atomic E-state index is 12.9. The molecule has 3 aromatic rings. The number of ketones is 1. The molecule has 2 aromatic heterocycles. The first kappa shape index (κ1) is 23.5. The molecule has 0 aliphatic heterocycles. The van der Waals surface area contributed by atoms with E-state index < -0.39 is 0 Å². The number of nitrogen functional groups attached to an aromatic ring is 1. The molecule has 0 saturated carbocycles. The van der Waals surface area contributed by atoms with Crippen LogP contribution in [0.4, 0.5) is 5.82 Å². The summed E-state index contributed by atoms with van der Waals surface area (Å²) in [5, 5.41) is 9.76. The van der Waals surface area contributed by atoms with Gasteiger partial charge in [-0.3, -0.25) is 4.79 Å². The number of rotatable bonds is 13. The number of unbranched alkanes of at least 4 members (excludes halogenated alkanes) is 4. The van der Waals surface area contributed by atoms with Crippen LogP contribution < -0.4 is 10.5 Å². The lowest BCUT2D eigenvalue weighted by Crippen LogP contribution is -2.15.